The highest BCUT2D eigenvalue weighted by Crippen LogP contribution is 2.38. The van der Waals surface area contributed by atoms with Gasteiger partial charge in [0.05, 0.1) is 0 Å². The Morgan fingerprint density at radius 1 is 0.316 bits per heavy atom. The maximum atomic E-state index is 2.35. The molecule has 0 unspecified atom stereocenters. The van der Waals surface area contributed by atoms with Crippen LogP contribution in [0, 0.1) is 6.92 Å². The fraction of sp³-hybridized carbons (Fsp3) is 0.0270. The molecule has 0 fully saturated rings. The second-order valence-electron chi connectivity index (χ2n) is 9.58. The second-order valence-corrected chi connectivity index (χ2v) is 9.58. The number of rotatable bonds is 6. The molecule has 1 heteroatoms. The van der Waals surface area contributed by atoms with Crippen LogP contribution in [0.4, 0.5) is 17.1 Å². The molecule has 0 heterocycles. The summed E-state index contributed by atoms with van der Waals surface area (Å²) >= 11 is 0. The summed E-state index contributed by atoms with van der Waals surface area (Å²) in [6, 6.07) is 56.3. The Kier molecular flexibility index (Phi) is 6.57. The lowest BCUT2D eigenvalue weighted by Gasteiger charge is -2.27. The van der Waals surface area contributed by atoms with Gasteiger partial charge in [-0.15, -0.1) is 0 Å². The zero-order valence-corrected chi connectivity index (χ0v) is 21.5. The summed E-state index contributed by atoms with van der Waals surface area (Å²) in [5.74, 6) is 0. The van der Waals surface area contributed by atoms with Crippen molar-refractivity contribution < 1.29 is 0 Å². The van der Waals surface area contributed by atoms with Crippen molar-refractivity contribution in [2.75, 3.05) is 4.90 Å². The first-order chi connectivity index (χ1) is 18.7. The molecule has 0 N–H and O–H groups in total. The molecule has 0 amide bonds. The Balaban J connectivity index is 1.45. The van der Waals surface area contributed by atoms with Crippen molar-refractivity contribution in [1.82, 2.24) is 0 Å². The van der Waals surface area contributed by atoms with E-state index in [1.165, 1.54) is 38.9 Å². The van der Waals surface area contributed by atoms with Crippen molar-refractivity contribution in [2.24, 2.45) is 0 Å². The quantitative estimate of drug-likeness (QED) is 0.226. The van der Waals surface area contributed by atoms with Crippen LogP contribution >= 0.6 is 0 Å². The molecule has 182 valence electrons. The molecule has 38 heavy (non-hydrogen) atoms. The van der Waals surface area contributed by atoms with Gasteiger partial charge in [-0.3, -0.25) is 0 Å². The average molecular weight is 488 g/mol. The van der Waals surface area contributed by atoms with Gasteiger partial charge in [-0.05, 0) is 76.7 Å². The van der Waals surface area contributed by atoms with E-state index in [0.717, 1.165) is 17.1 Å². The predicted molar refractivity (Wildman–Crippen MR) is 162 cm³/mol. The SMILES string of the molecule is Cc1ccc(-c2ccc(N(c3cccc(-c4ccccc4)c3)c3cccc(-c4ccccc4)c3)cc2)cc1. The van der Waals surface area contributed by atoms with Crippen molar-refractivity contribution in [1.29, 1.82) is 0 Å². The number of aryl methyl sites for hydroxylation is 1. The number of benzene rings is 6. The van der Waals surface area contributed by atoms with Crippen LogP contribution in [0.1, 0.15) is 5.56 Å². The van der Waals surface area contributed by atoms with Crippen LogP contribution in [0.3, 0.4) is 0 Å². The summed E-state index contributed by atoms with van der Waals surface area (Å²) in [6.07, 6.45) is 0. The van der Waals surface area contributed by atoms with Crippen LogP contribution in [0.15, 0.2) is 158 Å². The predicted octanol–water partition coefficient (Wildman–Crippen LogP) is 10.5. The minimum atomic E-state index is 1.12. The van der Waals surface area contributed by atoms with Gasteiger partial charge in [0.25, 0.3) is 0 Å². The van der Waals surface area contributed by atoms with Crippen LogP contribution in [0.25, 0.3) is 33.4 Å². The Morgan fingerprint density at radius 3 is 1.18 bits per heavy atom. The van der Waals surface area contributed by atoms with Crippen molar-refractivity contribution in [3.63, 3.8) is 0 Å². The standard InChI is InChI=1S/C37H29N/c1-28-18-20-31(21-19-28)32-22-24-35(25-23-32)38(36-16-8-14-33(26-36)29-10-4-2-5-11-29)37-17-9-15-34(27-37)30-12-6-3-7-13-30/h2-27H,1H3. The van der Waals surface area contributed by atoms with Gasteiger partial charge in [0.15, 0.2) is 0 Å². The van der Waals surface area contributed by atoms with Crippen molar-refractivity contribution in [3.8, 4) is 33.4 Å². The molecule has 0 aliphatic heterocycles. The Labute approximate surface area is 225 Å². The molecule has 0 saturated heterocycles. The van der Waals surface area contributed by atoms with Crippen molar-refractivity contribution >= 4 is 17.1 Å². The lowest BCUT2D eigenvalue weighted by Crippen LogP contribution is -2.10. The minimum Gasteiger partial charge on any atom is -0.310 e. The normalized spacial score (nSPS) is 10.8. The first kappa shape index (κ1) is 23.5. The molecule has 0 aliphatic carbocycles. The summed E-state index contributed by atoms with van der Waals surface area (Å²) in [7, 11) is 0. The van der Waals surface area contributed by atoms with E-state index in [2.05, 4.69) is 170 Å². The number of hydrogen-bond acceptors (Lipinski definition) is 1. The number of hydrogen-bond donors (Lipinski definition) is 0. The molecule has 1 nitrogen and oxygen atoms in total. The van der Waals surface area contributed by atoms with Crippen LogP contribution < -0.4 is 4.90 Å². The van der Waals surface area contributed by atoms with Gasteiger partial charge >= 0.3 is 0 Å². The van der Waals surface area contributed by atoms with Gasteiger partial charge in [0.2, 0.25) is 0 Å². The lowest BCUT2D eigenvalue weighted by atomic mass is 10.0. The van der Waals surface area contributed by atoms with Crippen LogP contribution in [-0.4, -0.2) is 0 Å². The van der Waals surface area contributed by atoms with E-state index in [4.69, 9.17) is 0 Å². The molecule has 6 aromatic carbocycles. The van der Waals surface area contributed by atoms with Gasteiger partial charge in [-0.1, -0.05) is 127 Å². The van der Waals surface area contributed by atoms with Crippen LogP contribution in [0.2, 0.25) is 0 Å². The molecule has 0 aliphatic rings. The van der Waals surface area contributed by atoms with Crippen molar-refractivity contribution in [2.45, 2.75) is 6.92 Å². The van der Waals surface area contributed by atoms with Gasteiger partial charge in [-0.2, -0.15) is 0 Å². The van der Waals surface area contributed by atoms with Gasteiger partial charge in [0.1, 0.15) is 0 Å². The third-order valence-corrected chi connectivity index (χ3v) is 6.93. The summed E-state index contributed by atoms with van der Waals surface area (Å²) in [5.41, 5.74) is 11.9. The minimum absolute atomic E-state index is 1.12. The molecule has 6 aromatic rings. The molecule has 0 aromatic heterocycles. The fourth-order valence-electron chi connectivity index (χ4n) is 4.91. The van der Waals surface area contributed by atoms with Crippen LogP contribution in [0.5, 0.6) is 0 Å². The fourth-order valence-corrected chi connectivity index (χ4v) is 4.91. The maximum absolute atomic E-state index is 2.35. The maximum Gasteiger partial charge on any atom is 0.0467 e. The third-order valence-electron chi connectivity index (χ3n) is 6.93. The number of anilines is 3. The topological polar surface area (TPSA) is 3.24 Å². The zero-order valence-electron chi connectivity index (χ0n) is 21.5. The van der Waals surface area contributed by atoms with Crippen molar-refractivity contribution in [3.05, 3.63) is 163 Å². The van der Waals surface area contributed by atoms with E-state index in [-0.39, 0.29) is 0 Å². The van der Waals surface area contributed by atoms with E-state index >= 15 is 0 Å². The average Bonchev–Trinajstić information content (AvgIpc) is 2.99. The Bertz CT molecular complexity index is 1550. The summed E-state index contributed by atoms with van der Waals surface area (Å²) in [4.78, 5) is 2.35. The molecule has 0 spiro atoms. The summed E-state index contributed by atoms with van der Waals surface area (Å²) in [5, 5.41) is 0. The molecule has 6 rings (SSSR count). The third kappa shape index (κ3) is 5.00. The molecular formula is C37H29N. The van der Waals surface area contributed by atoms with Gasteiger partial charge in [-0.25, -0.2) is 0 Å². The van der Waals surface area contributed by atoms with Gasteiger partial charge < -0.3 is 4.90 Å². The summed E-state index contributed by atoms with van der Waals surface area (Å²) < 4.78 is 0. The molecule has 0 radical (unpaired) electrons. The van der Waals surface area contributed by atoms with E-state index in [1.807, 2.05) is 0 Å². The van der Waals surface area contributed by atoms with E-state index < -0.39 is 0 Å². The molecule has 0 atom stereocenters. The zero-order chi connectivity index (χ0) is 25.7. The molecular weight excluding hydrogens is 458 g/mol. The van der Waals surface area contributed by atoms with E-state index in [1.54, 1.807) is 0 Å². The lowest BCUT2D eigenvalue weighted by molar-refractivity contribution is 1.28. The smallest absolute Gasteiger partial charge is 0.0467 e. The largest absolute Gasteiger partial charge is 0.310 e. The number of nitrogens with zero attached hydrogens (tertiary/aromatic N) is 1. The highest BCUT2D eigenvalue weighted by molar-refractivity contribution is 5.83. The first-order valence-electron chi connectivity index (χ1n) is 13.0. The summed E-state index contributed by atoms with van der Waals surface area (Å²) in [6.45, 7) is 2.12. The highest BCUT2D eigenvalue weighted by Gasteiger charge is 2.15. The highest BCUT2D eigenvalue weighted by atomic mass is 15.1. The van der Waals surface area contributed by atoms with Crippen LogP contribution in [-0.2, 0) is 0 Å². The van der Waals surface area contributed by atoms with E-state index in [0.29, 0.717) is 0 Å². The Hall–Kier alpha value is -4.88. The van der Waals surface area contributed by atoms with E-state index in [9.17, 15) is 0 Å². The first-order valence-corrected chi connectivity index (χ1v) is 13.0. The molecule has 0 bridgehead atoms. The van der Waals surface area contributed by atoms with Gasteiger partial charge in [0, 0.05) is 17.1 Å². The Morgan fingerprint density at radius 2 is 0.711 bits per heavy atom. The second kappa shape index (κ2) is 10.6. The molecule has 0 saturated carbocycles. The monoisotopic (exact) mass is 487 g/mol.